The van der Waals surface area contributed by atoms with Crippen molar-refractivity contribution in [1.82, 2.24) is 35.8 Å². The Morgan fingerprint density at radius 1 is 1.15 bits per heavy atom. The summed E-state index contributed by atoms with van der Waals surface area (Å²) in [6, 6.07) is 4.94. The standard InChI is InChI=1S/C18H29N5.C9H11N.H3N/c1-4-19-13-15-14-23-17(20-15)7-5-6-8-18(23)22-11-9-16(10-12-22)21(2)3;1-2-6-9-8(4-1)5-3-7-10-9;/h5-6,8,14,16,19H,4,7,9-13H2,1-3H3;3,5,7H,1-2,4,6H2;1H3. The van der Waals surface area contributed by atoms with Gasteiger partial charge in [0.2, 0.25) is 0 Å². The lowest BCUT2D eigenvalue weighted by Gasteiger charge is -2.37. The van der Waals surface area contributed by atoms with Gasteiger partial charge in [0.1, 0.15) is 11.6 Å². The Kier molecular flexibility index (Phi) is 9.86. The number of nitrogens with zero attached hydrogens (tertiary/aromatic N) is 5. The van der Waals surface area contributed by atoms with E-state index in [0.29, 0.717) is 6.04 Å². The molecule has 0 spiro atoms. The molecule has 7 heteroatoms. The van der Waals surface area contributed by atoms with E-state index in [0.717, 1.165) is 44.1 Å². The van der Waals surface area contributed by atoms with Crippen molar-refractivity contribution >= 4 is 5.82 Å². The predicted octanol–water partition coefficient (Wildman–Crippen LogP) is 4.05. The van der Waals surface area contributed by atoms with Gasteiger partial charge in [-0.05, 0) is 76.9 Å². The van der Waals surface area contributed by atoms with Crippen molar-refractivity contribution in [2.45, 2.75) is 64.5 Å². The second-order valence-corrected chi connectivity index (χ2v) is 9.45. The van der Waals surface area contributed by atoms with Gasteiger partial charge in [-0.3, -0.25) is 9.55 Å². The molecule has 0 aromatic carbocycles. The lowest BCUT2D eigenvalue weighted by molar-refractivity contribution is 0.182. The zero-order chi connectivity index (χ0) is 23.0. The minimum atomic E-state index is 0. The first-order chi connectivity index (χ1) is 16.2. The number of likely N-dealkylation sites (tertiary alicyclic amines) is 1. The van der Waals surface area contributed by atoms with Gasteiger partial charge in [0.05, 0.1) is 5.69 Å². The van der Waals surface area contributed by atoms with Crippen molar-refractivity contribution in [1.29, 1.82) is 0 Å². The van der Waals surface area contributed by atoms with E-state index in [2.05, 4.69) is 76.2 Å². The van der Waals surface area contributed by atoms with E-state index in [1.807, 2.05) is 12.3 Å². The van der Waals surface area contributed by atoms with E-state index in [1.54, 1.807) is 0 Å². The summed E-state index contributed by atoms with van der Waals surface area (Å²) in [5.74, 6) is 2.42. The van der Waals surface area contributed by atoms with E-state index in [1.165, 1.54) is 55.6 Å². The Morgan fingerprint density at radius 2 is 1.94 bits per heavy atom. The molecule has 186 valence electrons. The summed E-state index contributed by atoms with van der Waals surface area (Å²) in [6.07, 6.45) is 19.2. The molecule has 2 aliphatic heterocycles. The molecule has 2 aromatic rings. The van der Waals surface area contributed by atoms with Crippen LogP contribution in [0.1, 0.15) is 55.4 Å². The van der Waals surface area contributed by atoms with Crippen LogP contribution in [0.25, 0.3) is 5.82 Å². The van der Waals surface area contributed by atoms with Gasteiger partial charge in [-0.15, -0.1) is 0 Å². The molecule has 0 bridgehead atoms. The summed E-state index contributed by atoms with van der Waals surface area (Å²) in [7, 11) is 4.38. The molecule has 0 unspecified atom stereocenters. The SMILES string of the molecule is CCNCc1cn2c(n1)CC=CC=C2N1CCC(N(C)C)CC1.N.c1cnc2c(c1)CCCC2. The number of hydrogen-bond acceptors (Lipinski definition) is 6. The third kappa shape index (κ3) is 6.56. The molecule has 0 saturated carbocycles. The van der Waals surface area contributed by atoms with Gasteiger partial charge < -0.3 is 21.3 Å². The zero-order valence-corrected chi connectivity index (χ0v) is 21.3. The first-order valence-electron chi connectivity index (χ1n) is 12.6. The van der Waals surface area contributed by atoms with E-state index < -0.39 is 0 Å². The molecular weight excluding hydrogens is 422 g/mol. The second-order valence-electron chi connectivity index (χ2n) is 9.45. The number of aryl methyl sites for hydroxylation is 2. The van der Waals surface area contributed by atoms with E-state index >= 15 is 0 Å². The summed E-state index contributed by atoms with van der Waals surface area (Å²) in [6.45, 7) is 6.18. The highest BCUT2D eigenvalue weighted by molar-refractivity contribution is 5.50. The molecule has 1 aliphatic carbocycles. The fourth-order valence-electron chi connectivity index (χ4n) is 4.96. The highest BCUT2D eigenvalue weighted by Crippen LogP contribution is 2.24. The Balaban J connectivity index is 0.000000246. The minimum Gasteiger partial charge on any atom is -0.358 e. The van der Waals surface area contributed by atoms with Crippen LogP contribution in [0.4, 0.5) is 0 Å². The molecule has 0 radical (unpaired) electrons. The molecule has 3 aliphatic rings. The number of piperidine rings is 1. The molecule has 0 amide bonds. The van der Waals surface area contributed by atoms with Crippen LogP contribution in [-0.2, 0) is 25.8 Å². The molecule has 34 heavy (non-hydrogen) atoms. The number of pyridine rings is 1. The van der Waals surface area contributed by atoms with Crippen LogP contribution >= 0.6 is 0 Å². The molecule has 2 aromatic heterocycles. The normalized spacial score (nSPS) is 17.6. The van der Waals surface area contributed by atoms with Gasteiger partial charge in [0.25, 0.3) is 0 Å². The number of rotatable bonds is 5. The van der Waals surface area contributed by atoms with Crippen LogP contribution in [0.15, 0.2) is 42.8 Å². The quantitative estimate of drug-likeness (QED) is 0.693. The zero-order valence-electron chi connectivity index (χ0n) is 21.3. The first kappa shape index (κ1) is 26.1. The molecule has 5 rings (SSSR count). The monoisotopic (exact) mass is 465 g/mol. The lowest BCUT2D eigenvalue weighted by Crippen LogP contribution is -2.41. The molecule has 1 fully saturated rings. The van der Waals surface area contributed by atoms with Crippen LogP contribution in [0.2, 0.25) is 0 Å². The molecule has 1 saturated heterocycles. The summed E-state index contributed by atoms with van der Waals surface area (Å²) in [5, 5.41) is 3.37. The lowest BCUT2D eigenvalue weighted by atomic mass is 9.96. The van der Waals surface area contributed by atoms with Crippen LogP contribution in [0.3, 0.4) is 0 Å². The Bertz CT molecular complexity index is 927. The third-order valence-electron chi connectivity index (χ3n) is 6.93. The largest absolute Gasteiger partial charge is 0.358 e. The number of fused-ring (bicyclic) bond motifs is 2. The maximum absolute atomic E-state index is 4.81. The topological polar surface area (TPSA) is 84.2 Å². The van der Waals surface area contributed by atoms with Gasteiger partial charge in [0, 0.05) is 50.2 Å². The Morgan fingerprint density at radius 3 is 2.68 bits per heavy atom. The van der Waals surface area contributed by atoms with Crippen molar-refractivity contribution in [3.63, 3.8) is 0 Å². The van der Waals surface area contributed by atoms with Crippen LogP contribution in [-0.4, -0.2) is 64.1 Å². The van der Waals surface area contributed by atoms with Gasteiger partial charge in [-0.1, -0.05) is 25.1 Å². The average molecular weight is 466 g/mol. The summed E-state index contributed by atoms with van der Waals surface area (Å²) >= 11 is 0. The molecule has 4 N–H and O–H groups in total. The predicted molar refractivity (Wildman–Crippen MR) is 141 cm³/mol. The fraction of sp³-hybridized carbons (Fsp3) is 0.556. The number of imidazole rings is 1. The number of aromatic nitrogens is 3. The van der Waals surface area contributed by atoms with Gasteiger partial charge in [-0.2, -0.15) is 0 Å². The Labute approximate surface area is 205 Å². The van der Waals surface area contributed by atoms with Gasteiger partial charge in [-0.25, -0.2) is 4.98 Å². The van der Waals surface area contributed by atoms with E-state index in [9.17, 15) is 0 Å². The number of hydrogen-bond donors (Lipinski definition) is 2. The highest BCUT2D eigenvalue weighted by atomic mass is 15.3. The molecular formula is C27H43N7. The van der Waals surface area contributed by atoms with E-state index in [4.69, 9.17) is 4.98 Å². The van der Waals surface area contributed by atoms with Crippen molar-refractivity contribution in [2.75, 3.05) is 33.7 Å². The number of nitrogens with one attached hydrogen (secondary N) is 1. The van der Waals surface area contributed by atoms with Crippen LogP contribution in [0.5, 0.6) is 0 Å². The third-order valence-corrected chi connectivity index (χ3v) is 6.93. The van der Waals surface area contributed by atoms with E-state index in [-0.39, 0.29) is 6.15 Å². The fourth-order valence-corrected chi connectivity index (χ4v) is 4.96. The summed E-state index contributed by atoms with van der Waals surface area (Å²) in [4.78, 5) is 14.0. The van der Waals surface area contributed by atoms with Crippen molar-refractivity contribution < 1.29 is 0 Å². The number of allylic oxidation sites excluding steroid dienone is 3. The molecule has 7 nitrogen and oxygen atoms in total. The average Bonchev–Trinajstić information content (AvgIpc) is 3.15. The smallest absolute Gasteiger partial charge is 0.118 e. The minimum absolute atomic E-state index is 0. The molecule has 0 atom stereocenters. The van der Waals surface area contributed by atoms with Gasteiger partial charge >= 0.3 is 0 Å². The van der Waals surface area contributed by atoms with Crippen molar-refractivity contribution in [2.24, 2.45) is 0 Å². The van der Waals surface area contributed by atoms with Crippen molar-refractivity contribution in [3.8, 4) is 0 Å². The maximum Gasteiger partial charge on any atom is 0.118 e. The maximum atomic E-state index is 4.81. The van der Waals surface area contributed by atoms with Crippen LogP contribution in [0, 0.1) is 0 Å². The summed E-state index contributed by atoms with van der Waals surface area (Å²) < 4.78 is 2.29. The second kappa shape index (κ2) is 12.8. The summed E-state index contributed by atoms with van der Waals surface area (Å²) in [5.41, 5.74) is 3.92. The van der Waals surface area contributed by atoms with Gasteiger partial charge in [0.15, 0.2) is 0 Å². The Hall–Kier alpha value is -2.48. The van der Waals surface area contributed by atoms with Crippen LogP contribution < -0.4 is 11.5 Å². The first-order valence-corrected chi connectivity index (χ1v) is 12.6. The van der Waals surface area contributed by atoms with Crippen molar-refractivity contribution in [3.05, 3.63) is 65.5 Å². The highest BCUT2D eigenvalue weighted by Gasteiger charge is 2.24. The molecule has 4 heterocycles.